The molecule has 0 aromatic heterocycles. The molecule has 1 saturated heterocycles. The van der Waals surface area contributed by atoms with Crippen molar-refractivity contribution >= 4 is 0 Å². The van der Waals surface area contributed by atoms with Gasteiger partial charge in [-0.1, -0.05) is 0 Å². The van der Waals surface area contributed by atoms with Gasteiger partial charge in [-0.05, 0) is 25.2 Å². The van der Waals surface area contributed by atoms with Gasteiger partial charge in [0.25, 0.3) is 0 Å². The third-order valence-corrected chi connectivity index (χ3v) is 2.09. The summed E-state index contributed by atoms with van der Waals surface area (Å²) in [5, 5.41) is 0. The molecule has 64 valence electrons. The molecule has 1 N–H and O–H groups in total. The van der Waals surface area contributed by atoms with Gasteiger partial charge in [0.05, 0.1) is 19.3 Å². The molecule has 0 aromatic carbocycles. The maximum atomic E-state index is 5.23. The van der Waals surface area contributed by atoms with Crippen molar-refractivity contribution in [1.82, 2.24) is 5.48 Å². The Hall–Kier alpha value is -0.120. The summed E-state index contributed by atoms with van der Waals surface area (Å²) >= 11 is 0. The van der Waals surface area contributed by atoms with Crippen LogP contribution in [0.4, 0.5) is 0 Å². The van der Waals surface area contributed by atoms with Gasteiger partial charge >= 0.3 is 0 Å². The molecule has 2 aliphatic rings. The fraction of sp³-hybridized carbons (Fsp3) is 1.00. The van der Waals surface area contributed by atoms with E-state index in [1.807, 2.05) is 0 Å². The molecule has 0 radical (unpaired) electrons. The Morgan fingerprint density at radius 1 is 1.45 bits per heavy atom. The summed E-state index contributed by atoms with van der Waals surface area (Å²) in [5.41, 5.74) is 2.95. The fourth-order valence-electron chi connectivity index (χ4n) is 0.988. The molecule has 1 aliphatic carbocycles. The second-order valence-corrected chi connectivity index (χ2v) is 3.39. The lowest BCUT2D eigenvalue weighted by Gasteiger charge is -2.02. The van der Waals surface area contributed by atoms with Crippen LogP contribution in [-0.4, -0.2) is 25.9 Å². The molecule has 11 heavy (non-hydrogen) atoms. The molecule has 0 amide bonds. The zero-order chi connectivity index (χ0) is 7.52. The lowest BCUT2D eigenvalue weighted by Crippen LogP contribution is -2.18. The minimum Gasteiger partial charge on any atom is -0.373 e. The van der Waals surface area contributed by atoms with Crippen LogP contribution in [0.25, 0.3) is 0 Å². The molecule has 3 heteroatoms. The molecular weight excluding hydrogens is 142 g/mol. The highest BCUT2D eigenvalue weighted by Gasteiger charge is 2.22. The Labute approximate surface area is 67.0 Å². The van der Waals surface area contributed by atoms with E-state index >= 15 is 0 Å². The predicted molar refractivity (Wildman–Crippen MR) is 41.0 cm³/mol. The van der Waals surface area contributed by atoms with E-state index < -0.39 is 0 Å². The Bertz CT molecular complexity index is 107. The van der Waals surface area contributed by atoms with Crippen LogP contribution >= 0.6 is 0 Å². The molecule has 2 fully saturated rings. The normalized spacial score (nSPS) is 28.9. The topological polar surface area (TPSA) is 33.8 Å². The van der Waals surface area contributed by atoms with Crippen LogP contribution in [0.3, 0.4) is 0 Å². The van der Waals surface area contributed by atoms with Gasteiger partial charge in [-0.2, -0.15) is 0 Å². The van der Waals surface area contributed by atoms with Gasteiger partial charge in [-0.25, -0.2) is 5.48 Å². The zero-order valence-electron chi connectivity index (χ0n) is 6.71. The third kappa shape index (κ3) is 3.18. The van der Waals surface area contributed by atoms with Crippen molar-refractivity contribution in [3.8, 4) is 0 Å². The summed E-state index contributed by atoms with van der Waals surface area (Å²) in [7, 11) is 0. The molecule has 2 rings (SSSR count). The van der Waals surface area contributed by atoms with Crippen molar-refractivity contribution in [3.63, 3.8) is 0 Å². The summed E-state index contributed by atoms with van der Waals surface area (Å²) < 4.78 is 5.05. The molecule has 0 spiro atoms. The summed E-state index contributed by atoms with van der Waals surface area (Å²) in [6.07, 6.45) is 4.32. The summed E-state index contributed by atoms with van der Waals surface area (Å²) in [6, 6.07) is 0. The Morgan fingerprint density at radius 3 is 2.91 bits per heavy atom. The van der Waals surface area contributed by atoms with Crippen molar-refractivity contribution in [1.29, 1.82) is 0 Å². The van der Waals surface area contributed by atoms with Crippen LogP contribution in [0.15, 0.2) is 0 Å². The van der Waals surface area contributed by atoms with Crippen LogP contribution in [0.5, 0.6) is 0 Å². The van der Waals surface area contributed by atoms with E-state index in [4.69, 9.17) is 9.57 Å². The molecule has 3 nitrogen and oxygen atoms in total. The summed E-state index contributed by atoms with van der Waals surface area (Å²) in [4.78, 5) is 5.23. The second-order valence-electron chi connectivity index (χ2n) is 3.39. The number of epoxide rings is 1. The molecular formula is C8H15NO2. The highest BCUT2D eigenvalue weighted by atomic mass is 16.6. The predicted octanol–water partition coefficient (Wildman–Crippen LogP) is 0.706. The lowest BCUT2D eigenvalue weighted by molar-refractivity contribution is 0.0323. The van der Waals surface area contributed by atoms with Crippen LogP contribution in [0.2, 0.25) is 0 Å². The molecule has 1 unspecified atom stereocenters. The number of hydrogen-bond acceptors (Lipinski definition) is 3. The maximum absolute atomic E-state index is 5.23. The van der Waals surface area contributed by atoms with Gasteiger partial charge in [0, 0.05) is 6.54 Å². The van der Waals surface area contributed by atoms with Crippen molar-refractivity contribution in [2.45, 2.75) is 25.4 Å². The smallest absolute Gasteiger partial charge is 0.0822 e. The standard InChI is InChI=1S/C8H15NO2/c1-2-7(1)5-11-9-4-3-8-6-10-8/h7-9H,1-6H2. The van der Waals surface area contributed by atoms with E-state index in [-0.39, 0.29) is 0 Å². The van der Waals surface area contributed by atoms with Crippen molar-refractivity contribution in [2.24, 2.45) is 5.92 Å². The Kier molecular flexibility index (Phi) is 2.41. The van der Waals surface area contributed by atoms with Gasteiger partial charge < -0.3 is 9.57 Å². The number of hydrogen-bond donors (Lipinski definition) is 1. The van der Waals surface area contributed by atoms with Gasteiger partial charge in [0.1, 0.15) is 0 Å². The van der Waals surface area contributed by atoms with E-state index in [0.717, 1.165) is 32.1 Å². The van der Waals surface area contributed by atoms with Crippen molar-refractivity contribution < 1.29 is 9.57 Å². The van der Waals surface area contributed by atoms with E-state index in [2.05, 4.69) is 5.48 Å². The quantitative estimate of drug-likeness (QED) is 0.350. The molecule has 1 aliphatic heterocycles. The molecule has 0 aromatic rings. The van der Waals surface area contributed by atoms with Crippen molar-refractivity contribution in [3.05, 3.63) is 0 Å². The maximum Gasteiger partial charge on any atom is 0.0822 e. The van der Waals surface area contributed by atoms with E-state index in [1.165, 1.54) is 12.8 Å². The molecule has 1 heterocycles. The SMILES string of the molecule is C(CC1CO1)NOCC1CC1. The van der Waals surface area contributed by atoms with Gasteiger partial charge in [-0.15, -0.1) is 0 Å². The van der Waals surface area contributed by atoms with Crippen LogP contribution < -0.4 is 5.48 Å². The first-order valence-electron chi connectivity index (χ1n) is 4.41. The minimum atomic E-state index is 0.520. The first kappa shape index (κ1) is 7.53. The monoisotopic (exact) mass is 157 g/mol. The van der Waals surface area contributed by atoms with E-state index in [1.54, 1.807) is 0 Å². The summed E-state index contributed by atoms with van der Waals surface area (Å²) in [6.45, 7) is 2.77. The second kappa shape index (κ2) is 3.52. The largest absolute Gasteiger partial charge is 0.373 e. The van der Waals surface area contributed by atoms with Crippen LogP contribution in [0, 0.1) is 5.92 Å². The first-order chi connectivity index (χ1) is 5.45. The van der Waals surface area contributed by atoms with Gasteiger partial charge in [-0.3, -0.25) is 0 Å². The first-order valence-corrected chi connectivity index (χ1v) is 4.41. The average Bonchev–Trinajstić information content (AvgIpc) is 2.83. The van der Waals surface area contributed by atoms with E-state index in [0.29, 0.717) is 6.10 Å². The highest BCUT2D eigenvalue weighted by molar-refractivity contribution is 4.72. The number of rotatable bonds is 6. The highest BCUT2D eigenvalue weighted by Crippen LogP contribution is 2.28. The molecule has 1 saturated carbocycles. The third-order valence-electron chi connectivity index (χ3n) is 2.09. The van der Waals surface area contributed by atoms with Crippen LogP contribution in [0.1, 0.15) is 19.3 Å². The minimum absolute atomic E-state index is 0.520. The number of hydroxylamine groups is 1. The van der Waals surface area contributed by atoms with E-state index in [9.17, 15) is 0 Å². The molecule has 0 bridgehead atoms. The summed E-state index contributed by atoms with van der Waals surface area (Å²) in [5.74, 6) is 0.847. The number of nitrogens with one attached hydrogen (secondary N) is 1. The van der Waals surface area contributed by atoms with Crippen LogP contribution in [-0.2, 0) is 9.57 Å². The Balaban J connectivity index is 1.35. The Morgan fingerprint density at radius 2 is 2.27 bits per heavy atom. The van der Waals surface area contributed by atoms with Gasteiger partial charge in [0.15, 0.2) is 0 Å². The lowest BCUT2D eigenvalue weighted by atomic mass is 10.3. The van der Waals surface area contributed by atoms with Gasteiger partial charge in [0.2, 0.25) is 0 Å². The fourth-order valence-corrected chi connectivity index (χ4v) is 0.988. The average molecular weight is 157 g/mol. The zero-order valence-corrected chi connectivity index (χ0v) is 6.71. The number of ether oxygens (including phenoxy) is 1. The molecule has 1 atom stereocenters. The van der Waals surface area contributed by atoms with Crippen molar-refractivity contribution in [2.75, 3.05) is 19.8 Å².